The van der Waals surface area contributed by atoms with Gasteiger partial charge in [0.05, 0.1) is 5.02 Å². The lowest BCUT2D eigenvalue weighted by atomic mass is 10.2. The Hall–Kier alpha value is -0.640. The van der Waals surface area contributed by atoms with Crippen molar-refractivity contribution in [2.45, 2.75) is 11.4 Å². The second-order valence-corrected chi connectivity index (χ2v) is 5.91. The van der Waals surface area contributed by atoms with E-state index in [1.54, 1.807) is 11.8 Å². The second kappa shape index (κ2) is 6.50. The van der Waals surface area contributed by atoms with Crippen molar-refractivity contribution >= 4 is 45.0 Å². The van der Waals surface area contributed by atoms with Gasteiger partial charge in [-0.3, -0.25) is 0 Å². The Balaban J connectivity index is 2.09. The van der Waals surface area contributed by atoms with Gasteiger partial charge in [-0.1, -0.05) is 29.8 Å². The van der Waals surface area contributed by atoms with E-state index in [2.05, 4.69) is 45.7 Å². The molecule has 0 saturated carbocycles. The second-order valence-electron chi connectivity index (χ2n) is 3.80. The van der Waals surface area contributed by atoms with Crippen molar-refractivity contribution < 1.29 is 0 Å². The number of hydrogen-bond donors (Lipinski definition) is 1. The van der Waals surface area contributed by atoms with Crippen LogP contribution in [0.25, 0.3) is 0 Å². The van der Waals surface area contributed by atoms with Gasteiger partial charge in [-0.15, -0.1) is 11.8 Å². The monoisotopic (exact) mass is 341 g/mol. The fourth-order valence-electron chi connectivity index (χ4n) is 1.64. The number of rotatable bonds is 4. The summed E-state index contributed by atoms with van der Waals surface area (Å²) in [7, 11) is 0. The highest BCUT2D eigenvalue weighted by molar-refractivity contribution is 9.10. The molecule has 0 amide bonds. The van der Waals surface area contributed by atoms with Gasteiger partial charge < -0.3 is 5.32 Å². The number of anilines is 1. The Kier molecular flexibility index (Phi) is 4.98. The molecule has 94 valence electrons. The van der Waals surface area contributed by atoms with E-state index in [0.717, 1.165) is 21.7 Å². The first-order valence-corrected chi connectivity index (χ1v) is 7.91. The summed E-state index contributed by atoms with van der Waals surface area (Å²) in [5, 5.41) is 4.18. The molecule has 0 radical (unpaired) electrons. The van der Waals surface area contributed by atoms with E-state index in [1.807, 2.05) is 24.3 Å². The zero-order chi connectivity index (χ0) is 13.0. The largest absolute Gasteiger partial charge is 0.380 e. The van der Waals surface area contributed by atoms with Crippen molar-refractivity contribution in [1.29, 1.82) is 0 Å². The standard InChI is InChI=1S/C14H13BrClNS/c1-18-14-5-3-2-4-13(14)17-9-10-6-7-11(15)12(16)8-10/h2-8,17H,9H2,1H3. The highest BCUT2D eigenvalue weighted by atomic mass is 79.9. The minimum atomic E-state index is 0.743. The van der Waals surface area contributed by atoms with Crippen molar-refractivity contribution in [3.8, 4) is 0 Å². The maximum atomic E-state index is 6.08. The quantitative estimate of drug-likeness (QED) is 0.743. The number of hydrogen-bond acceptors (Lipinski definition) is 2. The molecule has 0 saturated heterocycles. The van der Waals surface area contributed by atoms with E-state index in [1.165, 1.54) is 10.5 Å². The summed E-state index contributed by atoms with van der Waals surface area (Å²) in [6, 6.07) is 14.3. The summed E-state index contributed by atoms with van der Waals surface area (Å²) < 4.78 is 0.928. The van der Waals surface area contributed by atoms with Crippen LogP contribution in [0.2, 0.25) is 5.02 Å². The van der Waals surface area contributed by atoms with Crippen LogP contribution in [0.5, 0.6) is 0 Å². The van der Waals surface area contributed by atoms with Crippen LogP contribution in [-0.2, 0) is 6.54 Å². The minimum absolute atomic E-state index is 0.743. The zero-order valence-electron chi connectivity index (χ0n) is 9.91. The van der Waals surface area contributed by atoms with Crippen LogP contribution in [0.1, 0.15) is 5.56 Å². The van der Waals surface area contributed by atoms with Crippen LogP contribution in [0.3, 0.4) is 0 Å². The first kappa shape index (κ1) is 13.8. The van der Waals surface area contributed by atoms with Gasteiger partial charge in [0.2, 0.25) is 0 Å². The smallest absolute Gasteiger partial charge is 0.0551 e. The number of benzene rings is 2. The van der Waals surface area contributed by atoms with Crippen LogP contribution in [0.15, 0.2) is 51.8 Å². The van der Waals surface area contributed by atoms with E-state index < -0.39 is 0 Å². The normalized spacial score (nSPS) is 10.4. The van der Waals surface area contributed by atoms with Crippen LogP contribution in [-0.4, -0.2) is 6.26 Å². The minimum Gasteiger partial charge on any atom is -0.380 e. The Labute approximate surface area is 125 Å². The molecule has 0 heterocycles. The number of nitrogens with one attached hydrogen (secondary N) is 1. The lowest BCUT2D eigenvalue weighted by Crippen LogP contribution is -2.00. The van der Waals surface area contributed by atoms with E-state index in [4.69, 9.17) is 11.6 Å². The zero-order valence-corrected chi connectivity index (χ0v) is 13.1. The first-order chi connectivity index (χ1) is 8.70. The molecule has 0 aromatic heterocycles. The maximum absolute atomic E-state index is 6.08. The van der Waals surface area contributed by atoms with E-state index in [9.17, 15) is 0 Å². The molecule has 0 aliphatic rings. The molecular weight excluding hydrogens is 330 g/mol. The van der Waals surface area contributed by atoms with Gasteiger partial charge in [-0.2, -0.15) is 0 Å². The molecule has 0 spiro atoms. The van der Waals surface area contributed by atoms with Crippen LogP contribution >= 0.6 is 39.3 Å². The van der Waals surface area contributed by atoms with Crippen molar-refractivity contribution in [2.75, 3.05) is 11.6 Å². The third kappa shape index (κ3) is 3.44. The predicted molar refractivity (Wildman–Crippen MR) is 84.7 cm³/mol. The molecule has 18 heavy (non-hydrogen) atoms. The fraction of sp³-hybridized carbons (Fsp3) is 0.143. The van der Waals surface area contributed by atoms with Crippen LogP contribution < -0.4 is 5.32 Å². The van der Waals surface area contributed by atoms with Gasteiger partial charge in [-0.25, -0.2) is 0 Å². The van der Waals surface area contributed by atoms with Gasteiger partial charge in [0, 0.05) is 21.6 Å². The highest BCUT2D eigenvalue weighted by Crippen LogP contribution is 2.26. The van der Waals surface area contributed by atoms with Crippen LogP contribution in [0.4, 0.5) is 5.69 Å². The van der Waals surface area contributed by atoms with Gasteiger partial charge in [0.15, 0.2) is 0 Å². The summed E-state index contributed by atoms with van der Waals surface area (Å²) in [6.07, 6.45) is 2.08. The lowest BCUT2D eigenvalue weighted by molar-refractivity contribution is 1.13. The van der Waals surface area contributed by atoms with Crippen molar-refractivity contribution in [2.24, 2.45) is 0 Å². The summed E-state index contributed by atoms with van der Waals surface area (Å²) in [5.74, 6) is 0. The van der Waals surface area contributed by atoms with Gasteiger partial charge in [0.25, 0.3) is 0 Å². The molecule has 1 nitrogen and oxygen atoms in total. The molecule has 0 aliphatic carbocycles. The van der Waals surface area contributed by atoms with Gasteiger partial charge in [-0.05, 0) is 52.0 Å². The summed E-state index contributed by atoms with van der Waals surface area (Å²) >= 11 is 11.2. The topological polar surface area (TPSA) is 12.0 Å². The van der Waals surface area contributed by atoms with E-state index in [0.29, 0.717) is 0 Å². The summed E-state index contributed by atoms with van der Waals surface area (Å²) in [6.45, 7) is 0.768. The average Bonchev–Trinajstić information content (AvgIpc) is 2.40. The molecule has 4 heteroatoms. The average molecular weight is 343 g/mol. The Morgan fingerprint density at radius 2 is 2.00 bits per heavy atom. The van der Waals surface area contributed by atoms with Gasteiger partial charge in [0.1, 0.15) is 0 Å². The Bertz CT molecular complexity index is 545. The maximum Gasteiger partial charge on any atom is 0.0551 e. The molecule has 2 aromatic carbocycles. The molecule has 0 aliphatic heterocycles. The van der Waals surface area contributed by atoms with Gasteiger partial charge >= 0.3 is 0 Å². The number of halogens is 2. The predicted octanol–water partition coefficient (Wildman–Crippen LogP) is 5.44. The molecule has 0 bridgehead atoms. The molecule has 0 unspecified atom stereocenters. The Morgan fingerprint density at radius 1 is 1.22 bits per heavy atom. The van der Waals surface area contributed by atoms with Crippen molar-refractivity contribution in [3.63, 3.8) is 0 Å². The summed E-state index contributed by atoms with van der Waals surface area (Å²) in [5.41, 5.74) is 2.32. The number of para-hydroxylation sites is 1. The molecule has 0 fully saturated rings. The molecule has 2 aromatic rings. The third-order valence-corrected chi connectivity index (χ3v) is 4.60. The highest BCUT2D eigenvalue weighted by Gasteiger charge is 2.02. The lowest BCUT2D eigenvalue weighted by Gasteiger charge is -2.10. The van der Waals surface area contributed by atoms with Crippen molar-refractivity contribution in [1.82, 2.24) is 0 Å². The first-order valence-electron chi connectivity index (χ1n) is 5.51. The SMILES string of the molecule is CSc1ccccc1NCc1ccc(Br)c(Cl)c1. The summed E-state index contributed by atoms with van der Waals surface area (Å²) in [4.78, 5) is 1.25. The Morgan fingerprint density at radius 3 is 2.72 bits per heavy atom. The van der Waals surface area contributed by atoms with Crippen LogP contribution in [0, 0.1) is 0 Å². The molecular formula is C14H13BrClNS. The third-order valence-electron chi connectivity index (χ3n) is 2.57. The van der Waals surface area contributed by atoms with E-state index in [-0.39, 0.29) is 0 Å². The fourth-order valence-corrected chi connectivity index (χ4v) is 2.66. The molecule has 1 N–H and O–H groups in total. The molecule has 2 rings (SSSR count). The molecule has 0 atom stereocenters. The van der Waals surface area contributed by atoms with E-state index >= 15 is 0 Å². The number of thioether (sulfide) groups is 1. The van der Waals surface area contributed by atoms with Crippen molar-refractivity contribution in [3.05, 3.63) is 57.5 Å².